The Balaban J connectivity index is 1.43. The summed E-state index contributed by atoms with van der Waals surface area (Å²) in [5.41, 5.74) is 4.33. The van der Waals surface area contributed by atoms with Gasteiger partial charge in [-0.3, -0.25) is 0 Å². The molecule has 2 aliphatic rings. The molecule has 2 amide bonds. The number of fused-ring (bicyclic) bond motifs is 2. The first-order chi connectivity index (χ1) is 16.0. The second-order valence-corrected chi connectivity index (χ2v) is 8.54. The van der Waals surface area contributed by atoms with Crippen molar-refractivity contribution in [1.29, 1.82) is 0 Å². The zero-order valence-electron chi connectivity index (χ0n) is 17.9. The van der Waals surface area contributed by atoms with Crippen LogP contribution in [0.4, 0.5) is 36.8 Å². The highest BCUT2D eigenvalue weighted by atomic mass is 19.4. The van der Waals surface area contributed by atoms with Crippen molar-refractivity contribution in [1.82, 2.24) is 4.90 Å². The van der Waals surface area contributed by atoms with E-state index >= 15 is 0 Å². The highest BCUT2D eigenvalue weighted by molar-refractivity contribution is 5.90. The van der Waals surface area contributed by atoms with Gasteiger partial charge in [0.1, 0.15) is 11.9 Å². The second-order valence-electron chi connectivity index (χ2n) is 8.54. The molecule has 0 radical (unpaired) electrons. The smallest absolute Gasteiger partial charge is 0.419 e. The summed E-state index contributed by atoms with van der Waals surface area (Å²) in [6.07, 6.45) is -7.52. The number of anilines is 1. The fraction of sp³-hybridized carbons (Fsp3) is 0.435. The van der Waals surface area contributed by atoms with Gasteiger partial charge < -0.3 is 20.7 Å². The number of nitrogens with one attached hydrogen (secondary N) is 1. The Labute approximate surface area is 191 Å². The van der Waals surface area contributed by atoms with Crippen molar-refractivity contribution in [2.24, 2.45) is 5.73 Å². The van der Waals surface area contributed by atoms with E-state index in [1.165, 1.54) is 24.3 Å². The molecule has 2 fully saturated rings. The zero-order valence-corrected chi connectivity index (χ0v) is 17.9. The standard InChI is InChI=1S/C23H23F6N3O2/c24-22(25,26)14-2-4-15(5-3-14)31-21(33)32-16-6-7-17(32)11-18(10-16)34-20-8-1-13(12-30)9-19(20)23(27,28)29/h1-5,8-9,16-18H,6-7,10-12,30H2,(H,31,33)/t16-,17+,18?. The number of benzene rings is 2. The number of piperidine rings is 1. The Bertz CT molecular complexity index is 1020. The highest BCUT2D eigenvalue weighted by Gasteiger charge is 2.45. The van der Waals surface area contributed by atoms with Crippen LogP contribution in [0.25, 0.3) is 0 Å². The van der Waals surface area contributed by atoms with E-state index in [2.05, 4.69) is 5.32 Å². The zero-order chi connectivity index (χ0) is 24.7. The Morgan fingerprint density at radius 3 is 2.12 bits per heavy atom. The number of nitrogens with two attached hydrogens (primary N) is 1. The highest BCUT2D eigenvalue weighted by Crippen LogP contribution is 2.41. The minimum absolute atomic E-state index is 0.0278. The lowest BCUT2D eigenvalue weighted by Gasteiger charge is -2.39. The van der Waals surface area contributed by atoms with Crippen molar-refractivity contribution in [3.8, 4) is 5.75 Å². The van der Waals surface area contributed by atoms with Crippen molar-refractivity contribution in [3.63, 3.8) is 0 Å². The van der Waals surface area contributed by atoms with E-state index in [4.69, 9.17) is 10.5 Å². The largest absolute Gasteiger partial charge is 0.490 e. The number of rotatable bonds is 4. The Kier molecular flexibility index (Phi) is 6.41. The fourth-order valence-corrected chi connectivity index (χ4v) is 4.69. The maximum Gasteiger partial charge on any atom is 0.419 e. The van der Waals surface area contributed by atoms with Gasteiger partial charge in [0, 0.05) is 37.2 Å². The van der Waals surface area contributed by atoms with Gasteiger partial charge in [0.15, 0.2) is 0 Å². The fourth-order valence-electron chi connectivity index (χ4n) is 4.69. The van der Waals surface area contributed by atoms with Gasteiger partial charge >= 0.3 is 18.4 Å². The summed E-state index contributed by atoms with van der Waals surface area (Å²) < 4.78 is 84.5. The topological polar surface area (TPSA) is 67.6 Å². The van der Waals surface area contributed by atoms with Gasteiger partial charge in [-0.15, -0.1) is 0 Å². The third kappa shape index (κ3) is 5.08. The molecule has 2 heterocycles. The van der Waals surface area contributed by atoms with Crippen molar-refractivity contribution < 1.29 is 35.9 Å². The number of carbonyl (C=O) groups is 1. The summed E-state index contributed by atoms with van der Waals surface area (Å²) >= 11 is 0. The summed E-state index contributed by atoms with van der Waals surface area (Å²) in [5.74, 6) is -0.267. The SMILES string of the molecule is NCc1ccc(OC2C[C@H]3CC[C@@H](C2)N3C(=O)Nc2ccc(C(F)(F)F)cc2)c(C(F)(F)F)c1. The molecule has 2 aliphatic heterocycles. The van der Waals surface area contributed by atoms with Crippen molar-refractivity contribution in [2.75, 3.05) is 5.32 Å². The van der Waals surface area contributed by atoms with Gasteiger partial charge in [-0.25, -0.2) is 4.79 Å². The molecule has 2 bridgehead atoms. The molecule has 0 aliphatic carbocycles. The van der Waals surface area contributed by atoms with Gasteiger partial charge in [0.05, 0.1) is 11.1 Å². The van der Waals surface area contributed by atoms with E-state index in [0.29, 0.717) is 31.2 Å². The molecule has 1 unspecified atom stereocenters. The molecule has 4 rings (SSSR count). The molecule has 184 valence electrons. The molecule has 0 spiro atoms. The van der Waals surface area contributed by atoms with Crippen LogP contribution in [-0.4, -0.2) is 29.1 Å². The third-order valence-electron chi connectivity index (χ3n) is 6.27. The van der Waals surface area contributed by atoms with Crippen LogP contribution in [0.3, 0.4) is 0 Å². The average molecular weight is 487 g/mol. The van der Waals surface area contributed by atoms with Gasteiger partial charge in [0.2, 0.25) is 0 Å². The minimum Gasteiger partial charge on any atom is -0.490 e. The number of carbonyl (C=O) groups excluding carboxylic acids is 1. The minimum atomic E-state index is -4.60. The third-order valence-corrected chi connectivity index (χ3v) is 6.27. The lowest BCUT2D eigenvalue weighted by atomic mass is 9.99. The summed E-state index contributed by atoms with van der Waals surface area (Å²) in [7, 11) is 0. The molecule has 3 N–H and O–H groups in total. The lowest BCUT2D eigenvalue weighted by Crippen LogP contribution is -2.50. The molecule has 3 atom stereocenters. The first-order valence-electron chi connectivity index (χ1n) is 10.8. The van der Waals surface area contributed by atoms with Crippen molar-refractivity contribution in [3.05, 3.63) is 59.2 Å². The summed E-state index contributed by atoms with van der Waals surface area (Å²) in [5, 5.41) is 2.62. The number of nitrogens with zero attached hydrogens (tertiary/aromatic N) is 1. The van der Waals surface area contributed by atoms with E-state index in [9.17, 15) is 31.1 Å². The van der Waals surface area contributed by atoms with E-state index < -0.39 is 35.6 Å². The molecule has 2 aromatic rings. The lowest BCUT2D eigenvalue weighted by molar-refractivity contribution is -0.139. The molecule has 2 saturated heterocycles. The number of urea groups is 1. The number of hydrogen-bond acceptors (Lipinski definition) is 3. The number of alkyl halides is 6. The van der Waals surface area contributed by atoms with E-state index in [-0.39, 0.29) is 30.1 Å². The molecule has 2 aromatic carbocycles. The van der Waals surface area contributed by atoms with Crippen LogP contribution in [-0.2, 0) is 18.9 Å². The average Bonchev–Trinajstić information content (AvgIpc) is 3.03. The Morgan fingerprint density at radius 2 is 1.59 bits per heavy atom. The molecule has 0 aromatic heterocycles. The van der Waals surface area contributed by atoms with Gasteiger partial charge in [-0.2, -0.15) is 26.3 Å². The molecule has 34 heavy (non-hydrogen) atoms. The van der Waals surface area contributed by atoms with Crippen molar-refractivity contribution >= 4 is 11.7 Å². The predicted octanol–water partition coefficient (Wildman–Crippen LogP) is 5.79. The van der Waals surface area contributed by atoms with Crippen LogP contribution in [0.5, 0.6) is 5.75 Å². The second kappa shape index (κ2) is 9.01. The van der Waals surface area contributed by atoms with E-state index in [0.717, 1.165) is 18.2 Å². The monoisotopic (exact) mass is 487 g/mol. The summed E-state index contributed by atoms with van der Waals surface area (Å²) in [6.45, 7) is -0.0278. The first-order valence-corrected chi connectivity index (χ1v) is 10.8. The molecular weight excluding hydrogens is 464 g/mol. The number of hydrogen-bond donors (Lipinski definition) is 2. The maximum atomic E-state index is 13.5. The summed E-state index contributed by atoms with van der Waals surface area (Å²) in [6, 6.07) is 6.96. The number of ether oxygens (including phenoxy) is 1. The first kappa shape index (κ1) is 24.2. The van der Waals surface area contributed by atoms with E-state index in [1.807, 2.05) is 0 Å². The van der Waals surface area contributed by atoms with Gasteiger partial charge in [0.25, 0.3) is 0 Å². The molecular formula is C23H23F6N3O2. The summed E-state index contributed by atoms with van der Waals surface area (Å²) in [4.78, 5) is 14.4. The Morgan fingerprint density at radius 1 is 0.971 bits per heavy atom. The van der Waals surface area contributed by atoms with Gasteiger partial charge in [-0.05, 0) is 54.8 Å². The van der Waals surface area contributed by atoms with Crippen LogP contribution < -0.4 is 15.8 Å². The van der Waals surface area contributed by atoms with Crippen LogP contribution >= 0.6 is 0 Å². The van der Waals surface area contributed by atoms with E-state index in [1.54, 1.807) is 4.90 Å². The van der Waals surface area contributed by atoms with Crippen LogP contribution in [0.15, 0.2) is 42.5 Å². The quantitative estimate of drug-likeness (QED) is 0.537. The van der Waals surface area contributed by atoms with Crippen LogP contribution in [0.1, 0.15) is 42.4 Å². The Hall–Kier alpha value is -2.95. The normalized spacial score (nSPS) is 22.6. The maximum absolute atomic E-state index is 13.5. The molecule has 11 heteroatoms. The van der Waals surface area contributed by atoms with Gasteiger partial charge in [-0.1, -0.05) is 6.07 Å². The number of amides is 2. The number of halogens is 6. The molecule has 5 nitrogen and oxygen atoms in total. The van der Waals surface area contributed by atoms with Crippen LogP contribution in [0, 0.1) is 0 Å². The predicted molar refractivity (Wildman–Crippen MR) is 112 cm³/mol. The van der Waals surface area contributed by atoms with Crippen molar-refractivity contribution in [2.45, 2.75) is 62.8 Å². The van der Waals surface area contributed by atoms with Crippen LogP contribution in [0.2, 0.25) is 0 Å². The molecule has 0 saturated carbocycles.